The van der Waals surface area contributed by atoms with E-state index in [0.717, 1.165) is 16.7 Å². The highest BCUT2D eigenvalue weighted by molar-refractivity contribution is 6.07. The van der Waals surface area contributed by atoms with Gasteiger partial charge in [0.2, 0.25) is 5.75 Å². The van der Waals surface area contributed by atoms with Crippen molar-refractivity contribution in [1.82, 2.24) is 0 Å². The topological polar surface area (TPSA) is 44.8 Å². The van der Waals surface area contributed by atoms with Gasteiger partial charge in [-0.25, -0.2) is 0 Å². The van der Waals surface area contributed by atoms with Crippen LogP contribution in [-0.4, -0.2) is 27.1 Å². The van der Waals surface area contributed by atoms with E-state index >= 15 is 0 Å². The summed E-state index contributed by atoms with van der Waals surface area (Å²) < 4.78 is 16.8. The molecule has 0 radical (unpaired) electrons. The summed E-state index contributed by atoms with van der Waals surface area (Å²) in [5, 5.41) is 0. The zero-order valence-electron chi connectivity index (χ0n) is 18.0. The van der Waals surface area contributed by atoms with Crippen LogP contribution in [-0.2, 0) is 5.41 Å². The molecule has 0 fully saturated rings. The molecule has 1 aliphatic rings. The standard InChI is InChI=1S/C26H26O4/c1-16-11-12-19(13-17(16)2)26(18-9-7-6-8-10-18)15-21(27)23-20(26)14-22(28-3)24(29-4)25(23)30-5/h6-14H,15H2,1-5H3. The SMILES string of the molecule is COc1cc2c(c(OC)c1OC)C(=O)CC2(c1ccccc1)c1ccc(C)c(C)c1. The number of aryl methyl sites for hydroxylation is 2. The first-order valence-corrected chi connectivity index (χ1v) is 9.97. The van der Waals surface area contributed by atoms with Crippen LogP contribution < -0.4 is 14.2 Å². The van der Waals surface area contributed by atoms with Crippen molar-refractivity contribution in [2.45, 2.75) is 25.7 Å². The van der Waals surface area contributed by atoms with Gasteiger partial charge in [-0.15, -0.1) is 0 Å². The normalized spacial score (nSPS) is 17.6. The van der Waals surface area contributed by atoms with Crippen LogP contribution in [0.25, 0.3) is 0 Å². The zero-order chi connectivity index (χ0) is 21.5. The minimum atomic E-state index is -0.626. The van der Waals surface area contributed by atoms with E-state index in [1.165, 1.54) is 11.1 Å². The molecule has 0 bridgehead atoms. The molecule has 3 aromatic rings. The van der Waals surface area contributed by atoms with E-state index in [1.807, 2.05) is 24.3 Å². The molecular formula is C26H26O4. The fraction of sp³-hybridized carbons (Fsp3) is 0.269. The Kier molecular flexibility index (Phi) is 5.02. The molecule has 0 saturated carbocycles. The number of carbonyl (C=O) groups excluding carboxylic acids is 1. The molecule has 4 rings (SSSR count). The lowest BCUT2D eigenvalue weighted by atomic mass is 9.69. The number of ether oxygens (including phenoxy) is 3. The Bertz CT molecular complexity index is 1120. The monoisotopic (exact) mass is 402 g/mol. The number of rotatable bonds is 5. The summed E-state index contributed by atoms with van der Waals surface area (Å²) in [5.74, 6) is 1.45. The van der Waals surface area contributed by atoms with E-state index in [9.17, 15) is 4.79 Å². The van der Waals surface area contributed by atoms with Gasteiger partial charge >= 0.3 is 0 Å². The van der Waals surface area contributed by atoms with Crippen molar-refractivity contribution in [3.63, 3.8) is 0 Å². The molecule has 0 aromatic heterocycles. The second-order valence-corrected chi connectivity index (χ2v) is 7.74. The zero-order valence-corrected chi connectivity index (χ0v) is 18.0. The van der Waals surface area contributed by atoms with E-state index in [2.05, 4.69) is 44.2 Å². The predicted octanol–water partition coefficient (Wildman–Crippen LogP) is 5.25. The molecule has 0 saturated heterocycles. The van der Waals surface area contributed by atoms with Gasteiger partial charge in [0.05, 0.1) is 32.3 Å². The molecule has 0 N–H and O–H groups in total. The van der Waals surface area contributed by atoms with E-state index in [0.29, 0.717) is 29.2 Å². The molecule has 1 atom stereocenters. The summed E-state index contributed by atoms with van der Waals surface area (Å²) in [6.07, 6.45) is 0.321. The molecule has 0 aliphatic heterocycles. The number of benzene rings is 3. The van der Waals surface area contributed by atoms with E-state index in [4.69, 9.17) is 14.2 Å². The van der Waals surface area contributed by atoms with E-state index < -0.39 is 5.41 Å². The largest absolute Gasteiger partial charge is 0.493 e. The molecule has 4 heteroatoms. The first kappa shape index (κ1) is 20.0. The summed E-state index contributed by atoms with van der Waals surface area (Å²) in [4.78, 5) is 13.5. The molecule has 30 heavy (non-hydrogen) atoms. The van der Waals surface area contributed by atoms with Crippen LogP contribution in [0.1, 0.15) is 44.6 Å². The number of hydrogen-bond acceptors (Lipinski definition) is 4. The van der Waals surface area contributed by atoms with Gasteiger partial charge in [-0.05, 0) is 47.7 Å². The van der Waals surface area contributed by atoms with Gasteiger partial charge in [-0.1, -0.05) is 48.5 Å². The third kappa shape index (κ3) is 2.78. The van der Waals surface area contributed by atoms with Crippen molar-refractivity contribution >= 4 is 5.78 Å². The van der Waals surface area contributed by atoms with Crippen LogP contribution in [0.2, 0.25) is 0 Å². The maximum atomic E-state index is 13.5. The van der Waals surface area contributed by atoms with Crippen molar-refractivity contribution in [2.75, 3.05) is 21.3 Å². The van der Waals surface area contributed by atoms with Crippen molar-refractivity contribution in [3.05, 3.63) is 88.0 Å². The second kappa shape index (κ2) is 7.52. The average molecular weight is 402 g/mol. The fourth-order valence-electron chi connectivity index (χ4n) is 4.61. The first-order chi connectivity index (χ1) is 14.5. The Morgan fingerprint density at radius 2 is 1.47 bits per heavy atom. The molecule has 1 unspecified atom stereocenters. The minimum absolute atomic E-state index is 0.0323. The molecule has 0 heterocycles. The van der Waals surface area contributed by atoms with Gasteiger partial charge in [-0.3, -0.25) is 4.79 Å². The van der Waals surface area contributed by atoms with E-state index in [-0.39, 0.29) is 5.78 Å². The third-order valence-electron chi connectivity index (χ3n) is 6.26. The summed E-state index contributed by atoms with van der Waals surface area (Å²) in [6.45, 7) is 4.20. The number of methoxy groups -OCH3 is 3. The van der Waals surface area contributed by atoms with Crippen LogP contribution in [0.3, 0.4) is 0 Å². The van der Waals surface area contributed by atoms with Crippen LogP contribution in [0.5, 0.6) is 17.2 Å². The quantitative estimate of drug-likeness (QED) is 0.585. The highest BCUT2D eigenvalue weighted by Gasteiger charge is 2.49. The van der Waals surface area contributed by atoms with Crippen molar-refractivity contribution in [3.8, 4) is 17.2 Å². The van der Waals surface area contributed by atoms with Gasteiger partial charge in [0.1, 0.15) is 0 Å². The Hall–Kier alpha value is -3.27. The van der Waals surface area contributed by atoms with Crippen LogP contribution in [0, 0.1) is 13.8 Å². The van der Waals surface area contributed by atoms with Crippen LogP contribution in [0.4, 0.5) is 0 Å². The highest BCUT2D eigenvalue weighted by atomic mass is 16.5. The smallest absolute Gasteiger partial charge is 0.204 e. The average Bonchev–Trinajstić information content (AvgIpc) is 3.07. The van der Waals surface area contributed by atoms with Crippen LogP contribution in [0.15, 0.2) is 54.6 Å². The molecule has 0 amide bonds. The summed E-state index contributed by atoms with van der Waals surface area (Å²) in [6, 6.07) is 18.6. The molecule has 3 aromatic carbocycles. The van der Waals surface area contributed by atoms with Gasteiger partial charge in [0.15, 0.2) is 17.3 Å². The first-order valence-electron chi connectivity index (χ1n) is 9.97. The Morgan fingerprint density at radius 3 is 2.07 bits per heavy atom. The number of carbonyl (C=O) groups is 1. The predicted molar refractivity (Wildman–Crippen MR) is 117 cm³/mol. The van der Waals surface area contributed by atoms with Crippen molar-refractivity contribution < 1.29 is 19.0 Å². The van der Waals surface area contributed by atoms with Gasteiger partial charge < -0.3 is 14.2 Å². The lowest BCUT2D eigenvalue weighted by Crippen LogP contribution is -2.27. The highest BCUT2D eigenvalue weighted by Crippen LogP contribution is 2.55. The summed E-state index contributed by atoms with van der Waals surface area (Å²) in [5.41, 5.74) is 5.38. The number of hydrogen-bond donors (Lipinski definition) is 0. The van der Waals surface area contributed by atoms with Crippen LogP contribution >= 0.6 is 0 Å². The van der Waals surface area contributed by atoms with Crippen molar-refractivity contribution in [2.24, 2.45) is 0 Å². The molecular weight excluding hydrogens is 376 g/mol. The third-order valence-corrected chi connectivity index (χ3v) is 6.26. The maximum absolute atomic E-state index is 13.5. The van der Waals surface area contributed by atoms with Gasteiger partial charge in [-0.2, -0.15) is 0 Å². The van der Waals surface area contributed by atoms with Gasteiger partial charge in [0, 0.05) is 6.42 Å². The number of ketones is 1. The molecule has 154 valence electrons. The Morgan fingerprint density at radius 1 is 0.767 bits per heavy atom. The molecule has 1 aliphatic carbocycles. The van der Waals surface area contributed by atoms with Gasteiger partial charge in [0.25, 0.3) is 0 Å². The lowest BCUT2D eigenvalue weighted by molar-refractivity contribution is 0.0981. The summed E-state index contributed by atoms with van der Waals surface area (Å²) >= 11 is 0. The maximum Gasteiger partial charge on any atom is 0.204 e. The molecule has 4 nitrogen and oxygen atoms in total. The fourth-order valence-corrected chi connectivity index (χ4v) is 4.61. The van der Waals surface area contributed by atoms with Crippen molar-refractivity contribution in [1.29, 1.82) is 0 Å². The number of Topliss-reactive ketones (excluding diaryl/α,β-unsaturated/α-hetero) is 1. The Labute approximate surface area is 177 Å². The molecule has 0 spiro atoms. The van der Waals surface area contributed by atoms with E-state index in [1.54, 1.807) is 21.3 Å². The lowest BCUT2D eigenvalue weighted by Gasteiger charge is -2.32. The number of fused-ring (bicyclic) bond motifs is 1. The second-order valence-electron chi connectivity index (χ2n) is 7.74. The summed E-state index contributed by atoms with van der Waals surface area (Å²) in [7, 11) is 4.71. The Balaban J connectivity index is 2.13. The minimum Gasteiger partial charge on any atom is -0.493 e.